The Labute approximate surface area is 182 Å². The van der Waals surface area contributed by atoms with Crippen molar-refractivity contribution >= 4 is 56.0 Å². The first-order valence-corrected chi connectivity index (χ1v) is 11.4. The molecule has 0 radical (unpaired) electrons. The lowest BCUT2D eigenvalue weighted by molar-refractivity contribution is -0.116. The number of halogens is 1. The molecule has 0 aliphatic carbocycles. The highest BCUT2D eigenvalue weighted by atomic mass is 35.5. The van der Waals surface area contributed by atoms with E-state index in [1.165, 1.54) is 16.9 Å². The first-order chi connectivity index (χ1) is 14.2. The summed E-state index contributed by atoms with van der Waals surface area (Å²) in [6.07, 6.45) is 1.74. The first-order valence-electron chi connectivity index (χ1n) is 9.07. The van der Waals surface area contributed by atoms with Gasteiger partial charge in [0.15, 0.2) is 5.13 Å². The number of rotatable bonds is 7. The predicted octanol–water partition coefficient (Wildman–Crippen LogP) is 5.81. The molecular weight excluding hydrogens is 422 g/mol. The van der Waals surface area contributed by atoms with Gasteiger partial charge in [-0.2, -0.15) is 0 Å². The molecule has 0 atom stereocenters. The second-order valence-corrected chi connectivity index (χ2v) is 8.82. The zero-order valence-corrected chi connectivity index (χ0v) is 17.9. The van der Waals surface area contributed by atoms with Gasteiger partial charge in [-0.05, 0) is 35.9 Å². The summed E-state index contributed by atoms with van der Waals surface area (Å²) < 4.78 is 0.961. The molecule has 0 spiro atoms. The molecule has 146 valence electrons. The monoisotopic (exact) mass is 439 g/mol. The molecular formula is C22H18ClN3OS2. The lowest BCUT2D eigenvalue weighted by Gasteiger charge is -2.19. The molecule has 4 aromatic rings. The number of pyridine rings is 1. The van der Waals surface area contributed by atoms with Gasteiger partial charge in [0, 0.05) is 17.0 Å². The second-order valence-electron chi connectivity index (χ2n) is 6.39. The SMILES string of the molecule is O=C(CSCc1ccccc1)N(Cc1ccccn1)c1nc2ccc(Cl)cc2s1. The number of thioether (sulfide) groups is 1. The summed E-state index contributed by atoms with van der Waals surface area (Å²) in [6.45, 7) is 0.388. The average Bonchev–Trinajstić information content (AvgIpc) is 3.16. The smallest absolute Gasteiger partial charge is 0.239 e. The van der Waals surface area contributed by atoms with E-state index in [1.807, 2.05) is 54.6 Å². The van der Waals surface area contributed by atoms with Crippen LogP contribution in [0, 0.1) is 0 Å². The van der Waals surface area contributed by atoms with Crippen molar-refractivity contribution in [2.75, 3.05) is 10.7 Å². The van der Waals surface area contributed by atoms with Crippen LogP contribution < -0.4 is 4.90 Å². The van der Waals surface area contributed by atoms with Crippen molar-refractivity contribution in [3.63, 3.8) is 0 Å². The summed E-state index contributed by atoms with van der Waals surface area (Å²) >= 11 is 9.18. The van der Waals surface area contributed by atoms with E-state index in [4.69, 9.17) is 11.6 Å². The van der Waals surface area contributed by atoms with E-state index in [1.54, 1.807) is 22.9 Å². The van der Waals surface area contributed by atoms with E-state index in [9.17, 15) is 4.79 Å². The third-order valence-electron chi connectivity index (χ3n) is 4.25. The van der Waals surface area contributed by atoms with Crippen LogP contribution in [0.15, 0.2) is 72.9 Å². The van der Waals surface area contributed by atoms with E-state index >= 15 is 0 Å². The summed E-state index contributed by atoms with van der Waals surface area (Å²) in [5, 5.41) is 1.33. The molecule has 0 aliphatic heterocycles. The Kier molecular flexibility index (Phi) is 6.44. The molecule has 7 heteroatoms. The van der Waals surface area contributed by atoms with Crippen LogP contribution in [0.2, 0.25) is 5.02 Å². The first kappa shape index (κ1) is 19.9. The van der Waals surface area contributed by atoms with Gasteiger partial charge in [-0.25, -0.2) is 4.98 Å². The van der Waals surface area contributed by atoms with Crippen molar-refractivity contribution in [3.05, 3.63) is 89.2 Å². The fourth-order valence-electron chi connectivity index (χ4n) is 2.83. The fraction of sp³-hybridized carbons (Fsp3) is 0.136. The van der Waals surface area contributed by atoms with Crippen LogP contribution in [0.4, 0.5) is 5.13 Å². The van der Waals surface area contributed by atoms with Crippen molar-refractivity contribution in [1.82, 2.24) is 9.97 Å². The van der Waals surface area contributed by atoms with E-state index in [0.29, 0.717) is 22.5 Å². The fourth-order valence-corrected chi connectivity index (χ4v) is 4.95. The van der Waals surface area contributed by atoms with Crippen LogP contribution in [0.25, 0.3) is 10.2 Å². The molecule has 0 saturated carbocycles. The highest BCUT2D eigenvalue weighted by Gasteiger charge is 2.21. The topological polar surface area (TPSA) is 46.1 Å². The average molecular weight is 440 g/mol. The number of hydrogen-bond acceptors (Lipinski definition) is 5. The molecule has 29 heavy (non-hydrogen) atoms. The van der Waals surface area contributed by atoms with E-state index in [2.05, 4.69) is 22.1 Å². The maximum absolute atomic E-state index is 13.1. The minimum absolute atomic E-state index is 0.0155. The van der Waals surface area contributed by atoms with E-state index in [-0.39, 0.29) is 5.91 Å². The Morgan fingerprint density at radius 3 is 2.69 bits per heavy atom. The Morgan fingerprint density at radius 1 is 1.07 bits per heavy atom. The number of carbonyl (C=O) groups is 1. The van der Waals surface area contributed by atoms with Crippen LogP contribution in [-0.4, -0.2) is 21.6 Å². The van der Waals surface area contributed by atoms with Crippen LogP contribution >= 0.6 is 34.7 Å². The largest absolute Gasteiger partial charge is 0.281 e. The Balaban J connectivity index is 1.54. The summed E-state index contributed by atoms with van der Waals surface area (Å²) in [4.78, 5) is 23.9. The zero-order valence-electron chi connectivity index (χ0n) is 15.5. The maximum atomic E-state index is 13.1. The van der Waals surface area contributed by atoms with Gasteiger partial charge in [-0.15, -0.1) is 11.8 Å². The number of nitrogens with zero attached hydrogens (tertiary/aromatic N) is 3. The molecule has 1 amide bonds. The minimum Gasteiger partial charge on any atom is -0.281 e. The van der Waals surface area contributed by atoms with Gasteiger partial charge in [-0.3, -0.25) is 14.7 Å². The third kappa shape index (κ3) is 5.15. The highest BCUT2D eigenvalue weighted by Crippen LogP contribution is 2.32. The van der Waals surface area contributed by atoms with Gasteiger partial charge in [0.1, 0.15) is 0 Å². The van der Waals surface area contributed by atoms with Gasteiger partial charge in [0.25, 0.3) is 0 Å². The predicted molar refractivity (Wildman–Crippen MR) is 123 cm³/mol. The van der Waals surface area contributed by atoms with Crippen LogP contribution in [0.5, 0.6) is 0 Å². The van der Waals surface area contributed by atoms with E-state index < -0.39 is 0 Å². The van der Waals surface area contributed by atoms with Crippen LogP contribution in [0.1, 0.15) is 11.3 Å². The van der Waals surface area contributed by atoms with Gasteiger partial charge in [0.05, 0.1) is 28.2 Å². The van der Waals surface area contributed by atoms with Gasteiger partial charge < -0.3 is 0 Å². The number of thiazole rings is 1. The normalized spacial score (nSPS) is 10.9. The van der Waals surface area contributed by atoms with E-state index in [0.717, 1.165) is 21.7 Å². The van der Waals surface area contributed by atoms with Crippen molar-refractivity contribution in [1.29, 1.82) is 0 Å². The Bertz CT molecular complexity index is 1100. The number of carbonyl (C=O) groups excluding carboxylic acids is 1. The molecule has 0 unspecified atom stereocenters. The molecule has 4 rings (SSSR count). The highest BCUT2D eigenvalue weighted by molar-refractivity contribution is 7.99. The lowest BCUT2D eigenvalue weighted by atomic mass is 10.2. The standard InChI is InChI=1S/C22H18ClN3OS2/c23-17-9-10-19-20(12-17)29-22(25-19)26(13-18-8-4-5-11-24-18)21(27)15-28-14-16-6-2-1-3-7-16/h1-12H,13-15H2. The minimum atomic E-state index is 0.0155. The molecule has 4 nitrogen and oxygen atoms in total. The Hall–Kier alpha value is -2.41. The molecule has 0 N–H and O–H groups in total. The van der Waals surface area contributed by atoms with Crippen molar-refractivity contribution in [2.24, 2.45) is 0 Å². The second kappa shape index (κ2) is 9.39. The zero-order chi connectivity index (χ0) is 20.1. The molecule has 2 aromatic heterocycles. The summed E-state index contributed by atoms with van der Waals surface area (Å²) in [5.74, 6) is 1.18. The number of fused-ring (bicyclic) bond motifs is 1. The summed E-state index contributed by atoms with van der Waals surface area (Å²) in [7, 11) is 0. The molecule has 0 bridgehead atoms. The summed E-state index contributed by atoms with van der Waals surface area (Å²) in [5.41, 5.74) is 2.87. The van der Waals surface area contributed by atoms with Gasteiger partial charge in [-0.1, -0.05) is 59.3 Å². The maximum Gasteiger partial charge on any atom is 0.239 e. The van der Waals surface area contributed by atoms with Crippen LogP contribution in [0.3, 0.4) is 0 Å². The number of aromatic nitrogens is 2. The molecule has 2 aromatic carbocycles. The molecule has 2 heterocycles. The van der Waals surface area contributed by atoms with Crippen LogP contribution in [-0.2, 0) is 17.1 Å². The van der Waals surface area contributed by atoms with Crippen molar-refractivity contribution < 1.29 is 4.79 Å². The molecule has 0 saturated heterocycles. The van der Waals surface area contributed by atoms with Crippen molar-refractivity contribution in [3.8, 4) is 0 Å². The summed E-state index contributed by atoms with van der Waals surface area (Å²) in [6, 6.07) is 21.4. The van der Waals surface area contributed by atoms with Crippen molar-refractivity contribution in [2.45, 2.75) is 12.3 Å². The Morgan fingerprint density at radius 2 is 1.90 bits per heavy atom. The number of hydrogen-bond donors (Lipinski definition) is 0. The molecule has 0 aliphatic rings. The lowest BCUT2D eigenvalue weighted by Crippen LogP contribution is -2.32. The molecule has 0 fully saturated rings. The number of amides is 1. The number of anilines is 1. The van der Waals surface area contributed by atoms with Gasteiger partial charge >= 0.3 is 0 Å². The third-order valence-corrected chi connectivity index (χ3v) is 6.52. The van der Waals surface area contributed by atoms with Gasteiger partial charge in [0.2, 0.25) is 5.91 Å². The quantitative estimate of drug-likeness (QED) is 0.364. The number of benzene rings is 2.